The molecule has 0 bridgehead atoms. The van der Waals surface area contributed by atoms with Crippen LogP contribution in [0.25, 0.3) is 191 Å². The Labute approximate surface area is 703 Å². The second-order valence-corrected chi connectivity index (χ2v) is 29.0. The van der Waals surface area contributed by atoms with Gasteiger partial charge >= 0.3 is 0 Å². The molecule has 3 aromatic heterocycles. The lowest BCUT2D eigenvalue weighted by molar-refractivity contribution is 0.584. The van der Waals surface area contributed by atoms with Crippen molar-refractivity contribution < 1.29 is 17.6 Å². The smallest absolute Gasteiger partial charge is 0.164 e. The first kappa shape index (κ1) is 77.0. The number of nitrogens with zero attached hydrogens (tertiary/aromatic N) is 9. The van der Waals surface area contributed by atoms with Gasteiger partial charge in [0.1, 0.15) is 23.3 Å². The normalized spacial score (nSPS) is 11.0. The van der Waals surface area contributed by atoms with E-state index in [1.54, 1.807) is 12.1 Å². The van der Waals surface area contributed by atoms with E-state index in [1.165, 1.54) is 30.3 Å². The molecule has 9 nitrogen and oxygen atoms in total. The van der Waals surface area contributed by atoms with Gasteiger partial charge in [-0.2, -0.15) is 0 Å². The van der Waals surface area contributed by atoms with Crippen LogP contribution in [-0.2, 0) is 0 Å². The lowest BCUT2D eigenvalue weighted by Crippen LogP contribution is -2.00. The molecule has 20 rings (SSSR count). The van der Waals surface area contributed by atoms with Crippen LogP contribution in [0.3, 0.4) is 0 Å². The number of hydrogen-bond acceptors (Lipinski definition) is 9. The van der Waals surface area contributed by atoms with E-state index in [0.717, 1.165) is 139 Å². The van der Waals surface area contributed by atoms with Gasteiger partial charge in [0.05, 0.1) is 0 Å². The zero-order chi connectivity index (χ0) is 82.5. The molecule has 0 aliphatic heterocycles. The van der Waals surface area contributed by atoms with Gasteiger partial charge in [0.25, 0.3) is 0 Å². The third-order valence-electron chi connectivity index (χ3n) is 20.9. The first-order valence-electron chi connectivity index (χ1n) is 39.8. The average Bonchev–Trinajstić information content (AvgIpc) is 0.735. The molecular weight excluding hydrogens is 1510 g/mol. The van der Waals surface area contributed by atoms with Crippen LogP contribution in [-0.4, -0.2) is 44.9 Å². The van der Waals surface area contributed by atoms with Crippen molar-refractivity contribution in [2.45, 2.75) is 0 Å². The molecule has 0 atom stereocenters. The Morgan fingerprint density at radius 1 is 0.107 bits per heavy atom. The predicted molar refractivity (Wildman–Crippen MR) is 484 cm³/mol. The molecule has 0 aliphatic carbocycles. The molecule has 0 fully saturated rings. The maximum Gasteiger partial charge on any atom is 0.164 e. The quantitative estimate of drug-likeness (QED) is 0.0872. The molecule has 0 amide bonds. The minimum Gasteiger partial charge on any atom is -0.208 e. The lowest BCUT2D eigenvalue weighted by atomic mass is 9.97. The van der Waals surface area contributed by atoms with Gasteiger partial charge in [-0.1, -0.05) is 376 Å². The Morgan fingerprint density at radius 3 is 0.516 bits per heavy atom. The van der Waals surface area contributed by atoms with Crippen molar-refractivity contribution >= 4 is 10.8 Å². The summed E-state index contributed by atoms with van der Waals surface area (Å²) < 4.78 is 54.3. The highest BCUT2D eigenvalue weighted by Gasteiger charge is 2.18. The van der Waals surface area contributed by atoms with Crippen molar-refractivity contribution in [1.82, 2.24) is 44.9 Å². The second kappa shape index (κ2) is 35.7. The van der Waals surface area contributed by atoms with Crippen LogP contribution in [0.15, 0.2) is 431 Å². The summed E-state index contributed by atoms with van der Waals surface area (Å²) >= 11 is 0. The predicted octanol–water partition coefficient (Wildman–Crippen LogP) is 28.0. The Bertz CT molecular complexity index is 6820. The molecule has 3 heterocycles. The second-order valence-electron chi connectivity index (χ2n) is 29.0. The first-order chi connectivity index (χ1) is 60.0. The van der Waals surface area contributed by atoms with Gasteiger partial charge in [0.15, 0.2) is 52.4 Å². The molecule has 0 aliphatic rings. The van der Waals surface area contributed by atoms with Crippen LogP contribution in [0.4, 0.5) is 17.6 Å². The van der Waals surface area contributed by atoms with Crippen molar-refractivity contribution in [2.75, 3.05) is 0 Å². The summed E-state index contributed by atoms with van der Waals surface area (Å²) in [5.41, 5.74) is 22.2. The highest BCUT2D eigenvalue weighted by atomic mass is 19.1. The number of halogens is 4. The standard InChI is InChI=1S/C39H25F2N3.C37H24FN3.C33H22FN3/c40-35-23-34(24-36(41)25-35)30-17-15-28(16-18-30)26-11-13-27(14-12-26)29-19-21-33(22-20-29)39-43-37(31-7-3-1-4-8-31)42-38(44-39)32-9-5-2-6-10-32;38-34-21-19-26(20-22-34)31-16-18-32-23-30(15-17-33(32)24-31)25-11-13-29(14-12-25)37-40-35(27-7-3-1-4-8-27)39-36(41-37)28-9-5-2-6-10-28;34-30-13-7-12-29(22-30)25-16-14-23(15-17-25)24-18-20-28(21-19-24)33-36-31(26-8-3-1-4-9-26)35-32(37-33)27-10-5-2-6-11-27/h1-25H;1-24H;1-22H. The van der Waals surface area contributed by atoms with E-state index in [-0.39, 0.29) is 11.6 Å². The third-order valence-corrected chi connectivity index (χ3v) is 20.9. The van der Waals surface area contributed by atoms with E-state index in [4.69, 9.17) is 44.9 Å². The van der Waals surface area contributed by atoms with E-state index in [2.05, 4.69) is 121 Å². The molecule has 580 valence electrons. The minimum absolute atomic E-state index is 0.228. The topological polar surface area (TPSA) is 116 Å². The van der Waals surface area contributed by atoms with E-state index in [9.17, 15) is 17.6 Å². The Balaban J connectivity index is 0.000000125. The van der Waals surface area contributed by atoms with Crippen molar-refractivity contribution in [3.8, 4) is 180 Å². The van der Waals surface area contributed by atoms with Gasteiger partial charge in [0, 0.05) is 56.1 Å². The number of benzene rings is 17. The van der Waals surface area contributed by atoms with Crippen molar-refractivity contribution in [1.29, 1.82) is 0 Å². The molecule has 13 heteroatoms. The van der Waals surface area contributed by atoms with E-state index < -0.39 is 11.6 Å². The fourth-order valence-electron chi connectivity index (χ4n) is 14.4. The summed E-state index contributed by atoms with van der Waals surface area (Å²) in [7, 11) is 0. The Hall–Kier alpha value is -16.3. The minimum atomic E-state index is -0.588. The van der Waals surface area contributed by atoms with Crippen LogP contribution >= 0.6 is 0 Å². The van der Waals surface area contributed by atoms with Crippen LogP contribution in [0, 0.1) is 23.3 Å². The summed E-state index contributed by atoms with van der Waals surface area (Å²) in [4.78, 5) is 43.2. The lowest BCUT2D eigenvalue weighted by Gasteiger charge is -2.10. The summed E-state index contributed by atoms with van der Waals surface area (Å²) in [5.74, 6) is 4.07. The number of hydrogen-bond donors (Lipinski definition) is 0. The third kappa shape index (κ3) is 18.1. The maximum atomic E-state index is 13.7. The molecule has 0 spiro atoms. The van der Waals surface area contributed by atoms with Gasteiger partial charge in [-0.05, 0) is 137 Å². The summed E-state index contributed by atoms with van der Waals surface area (Å²) in [6.45, 7) is 0. The van der Waals surface area contributed by atoms with Gasteiger partial charge in [-0.3, -0.25) is 0 Å². The van der Waals surface area contributed by atoms with Crippen LogP contribution in [0.1, 0.15) is 0 Å². The monoisotopic (exact) mass is 1580 g/mol. The summed E-state index contributed by atoms with van der Waals surface area (Å²) in [5, 5.41) is 2.29. The first-order valence-corrected chi connectivity index (χ1v) is 39.8. The molecule has 20 aromatic rings. The van der Waals surface area contributed by atoms with Gasteiger partial charge in [-0.15, -0.1) is 0 Å². The van der Waals surface area contributed by atoms with E-state index >= 15 is 0 Å². The molecule has 0 saturated heterocycles. The SMILES string of the molecule is Fc1cc(F)cc(-c2ccc(-c3ccc(-c4ccc(-c5nc(-c6ccccc6)nc(-c6ccccc6)n5)cc4)cc3)cc2)c1.Fc1ccc(-c2ccc3cc(-c4ccc(-c5nc(-c6ccccc6)nc(-c6ccccc6)n5)cc4)ccc3c2)cc1.Fc1cccc(-c2ccc(-c3ccc(-c4nc(-c5ccccc5)nc(-c5ccccc5)n4)cc3)cc2)c1. The Kier molecular flexibility index (Phi) is 22.5. The largest absolute Gasteiger partial charge is 0.208 e. The van der Waals surface area contributed by atoms with Crippen molar-refractivity contribution in [3.63, 3.8) is 0 Å². The highest BCUT2D eigenvalue weighted by Crippen LogP contribution is 2.36. The van der Waals surface area contributed by atoms with E-state index in [0.29, 0.717) is 58.0 Å². The van der Waals surface area contributed by atoms with Crippen LogP contribution in [0.2, 0.25) is 0 Å². The zero-order valence-corrected chi connectivity index (χ0v) is 65.5. The van der Waals surface area contributed by atoms with Crippen LogP contribution in [0.5, 0.6) is 0 Å². The van der Waals surface area contributed by atoms with E-state index in [1.807, 2.05) is 261 Å². The fourth-order valence-corrected chi connectivity index (χ4v) is 14.4. The number of rotatable bonds is 16. The highest BCUT2D eigenvalue weighted by molar-refractivity contribution is 5.91. The molecule has 0 N–H and O–H groups in total. The molecular formula is C109H71F4N9. The summed E-state index contributed by atoms with van der Waals surface area (Å²) in [6.07, 6.45) is 0. The van der Waals surface area contributed by atoms with Crippen molar-refractivity contribution in [3.05, 3.63) is 454 Å². The molecule has 0 saturated carbocycles. The maximum absolute atomic E-state index is 13.7. The molecule has 0 unspecified atom stereocenters. The Morgan fingerprint density at radius 2 is 0.279 bits per heavy atom. The van der Waals surface area contributed by atoms with Gasteiger partial charge in [0.2, 0.25) is 0 Å². The van der Waals surface area contributed by atoms with Gasteiger partial charge < -0.3 is 0 Å². The molecule has 17 aromatic carbocycles. The summed E-state index contributed by atoms with van der Waals surface area (Å²) in [6, 6.07) is 138. The van der Waals surface area contributed by atoms with Crippen molar-refractivity contribution in [2.24, 2.45) is 0 Å². The fraction of sp³-hybridized carbons (Fsp3) is 0. The molecule has 122 heavy (non-hydrogen) atoms. The average molecular weight is 1580 g/mol. The van der Waals surface area contributed by atoms with Gasteiger partial charge in [-0.25, -0.2) is 62.4 Å². The number of fused-ring (bicyclic) bond motifs is 1. The molecule has 0 radical (unpaired) electrons. The zero-order valence-electron chi connectivity index (χ0n) is 65.5. The van der Waals surface area contributed by atoms with Crippen LogP contribution < -0.4 is 0 Å². The number of aromatic nitrogens is 9.